The lowest BCUT2D eigenvalue weighted by Gasteiger charge is -2.01. The molecule has 3 rings (SSSR count). The Bertz CT molecular complexity index is 521. The molecule has 1 saturated heterocycles. The highest BCUT2D eigenvalue weighted by atomic mass is 35.5. The van der Waals surface area contributed by atoms with Crippen LogP contribution in [0.15, 0.2) is 28.8 Å². The number of halogens is 2. The van der Waals surface area contributed by atoms with E-state index >= 15 is 0 Å². The van der Waals surface area contributed by atoms with Gasteiger partial charge in [0, 0.05) is 11.4 Å². The van der Waals surface area contributed by atoms with Crippen LogP contribution in [-0.4, -0.2) is 16.7 Å². The van der Waals surface area contributed by atoms with E-state index in [1.807, 2.05) is 24.3 Å². The van der Waals surface area contributed by atoms with Crippen molar-refractivity contribution < 1.29 is 4.52 Å². The first kappa shape index (κ1) is 14.3. The van der Waals surface area contributed by atoms with Crippen molar-refractivity contribution in [1.29, 1.82) is 0 Å². The fourth-order valence-electron chi connectivity index (χ4n) is 2.16. The van der Waals surface area contributed by atoms with Gasteiger partial charge in [-0.3, -0.25) is 0 Å². The van der Waals surface area contributed by atoms with Crippen molar-refractivity contribution in [3.63, 3.8) is 0 Å². The van der Waals surface area contributed by atoms with Gasteiger partial charge in [0.1, 0.15) is 0 Å². The Labute approximate surface area is 122 Å². The molecule has 0 bridgehead atoms. The molecule has 2 heterocycles. The Kier molecular flexibility index (Phi) is 4.80. The summed E-state index contributed by atoms with van der Waals surface area (Å²) in [4.78, 5) is 4.44. The molecule has 0 amide bonds. The molecule has 0 aliphatic carbocycles. The van der Waals surface area contributed by atoms with Crippen molar-refractivity contribution in [2.75, 3.05) is 6.54 Å². The van der Waals surface area contributed by atoms with Gasteiger partial charge in [0.15, 0.2) is 5.82 Å². The monoisotopic (exact) mass is 299 g/mol. The summed E-state index contributed by atoms with van der Waals surface area (Å²) in [6.07, 6.45) is 2.91. The topological polar surface area (TPSA) is 51.0 Å². The lowest BCUT2D eigenvalue weighted by Crippen LogP contribution is -2.13. The first-order valence-electron chi connectivity index (χ1n) is 6.11. The van der Waals surface area contributed by atoms with Gasteiger partial charge in [-0.1, -0.05) is 28.9 Å². The normalized spacial score (nSPS) is 18.3. The van der Waals surface area contributed by atoms with E-state index in [9.17, 15) is 0 Å². The van der Waals surface area contributed by atoms with Crippen LogP contribution in [0.2, 0.25) is 5.02 Å². The van der Waals surface area contributed by atoms with E-state index < -0.39 is 0 Å². The summed E-state index contributed by atoms with van der Waals surface area (Å²) >= 11 is 5.85. The molecule has 1 aromatic heterocycles. The van der Waals surface area contributed by atoms with Crippen molar-refractivity contribution in [3.05, 3.63) is 46.6 Å². The zero-order valence-electron chi connectivity index (χ0n) is 10.3. The molecule has 1 fully saturated rings. The third-order valence-corrected chi connectivity index (χ3v) is 3.37. The van der Waals surface area contributed by atoms with E-state index in [1.54, 1.807) is 0 Å². The van der Waals surface area contributed by atoms with Crippen molar-refractivity contribution in [3.8, 4) is 0 Å². The second-order valence-electron chi connectivity index (χ2n) is 4.50. The summed E-state index contributed by atoms with van der Waals surface area (Å²) in [5.41, 5.74) is 1.13. The van der Waals surface area contributed by atoms with Crippen LogP contribution in [0.1, 0.15) is 36.2 Å². The summed E-state index contributed by atoms with van der Waals surface area (Å²) in [5, 5.41) is 8.10. The molecule has 1 aliphatic rings. The van der Waals surface area contributed by atoms with Crippen molar-refractivity contribution in [1.82, 2.24) is 15.5 Å². The number of aromatic nitrogens is 2. The van der Waals surface area contributed by atoms with E-state index in [4.69, 9.17) is 16.1 Å². The molecule has 4 nitrogen and oxygen atoms in total. The fourth-order valence-corrected chi connectivity index (χ4v) is 2.29. The molecule has 1 unspecified atom stereocenters. The van der Waals surface area contributed by atoms with Crippen molar-refractivity contribution >= 4 is 24.0 Å². The zero-order valence-corrected chi connectivity index (χ0v) is 11.9. The van der Waals surface area contributed by atoms with Gasteiger partial charge in [0.2, 0.25) is 5.89 Å². The van der Waals surface area contributed by atoms with E-state index in [2.05, 4.69) is 15.5 Å². The molecule has 6 heteroatoms. The molecule has 0 spiro atoms. The molecule has 1 N–H and O–H groups in total. The predicted molar refractivity (Wildman–Crippen MR) is 75.8 cm³/mol. The largest absolute Gasteiger partial charge is 0.338 e. The first-order valence-corrected chi connectivity index (χ1v) is 6.49. The van der Waals surface area contributed by atoms with E-state index in [0.717, 1.165) is 29.4 Å². The molecular weight excluding hydrogens is 285 g/mol. The summed E-state index contributed by atoms with van der Waals surface area (Å²) in [5.74, 6) is 1.43. The average Bonchev–Trinajstić information content (AvgIpc) is 3.02. The SMILES string of the molecule is Cl.Clc1ccc(Cc2noc(C3CCCN3)n2)cc1. The van der Waals surface area contributed by atoms with E-state index in [-0.39, 0.29) is 18.4 Å². The van der Waals surface area contributed by atoms with Crippen LogP contribution in [0.25, 0.3) is 0 Å². The quantitative estimate of drug-likeness (QED) is 0.946. The number of benzene rings is 1. The Morgan fingerprint density at radius 1 is 1.32 bits per heavy atom. The number of rotatable bonds is 3. The minimum absolute atomic E-state index is 0. The molecule has 2 aromatic rings. The van der Waals surface area contributed by atoms with Crippen molar-refractivity contribution in [2.45, 2.75) is 25.3 Å². The number of hydrogen-bond donors (Lipinski definition) is 1. The van der Waals surface area contributed by atoms with Crippen LogP contribution in [0.3, 0.4) is 0 Å². The van der Waals surface area contributed by atoms with Gasteiger partial charge in [0.25, 0.3) is 0 Å². The minimum Gasteiger partial charge on any atom is -0.338 e. The number of nitrogens with one attached hydrogen (secondary N) is 1. The summed E-state index contributed by atoms with van der Waals surface area (Å²) in [6.45, 7) is 1.03. The third kappa shape index (κ3) is 3.47. The molecule has 0 saturated carbocycles. The third-order valence-electron chi connectivity index (χ3n) is 3.12. The van der Waals surface area contributed by atoms with Gasteiger partial charge in [0.05, 0.1) is 6.04 Å². The smallest absolute Gasteiger partial charge is 0.243 e. The standard InChI is InChI=1S/C13H14ClN3O.ClH/c14-10-5-3-9(4-6-10)8-12-16-13(18-17-12)11-2-1-7-15-11;/h3-6,11,15H,1-2,7-8H2;1H. The Morgan fingerprint density at radius 3 is 2.79 bits per heavy atom. The Hall–Kier alpha value is -1.10. The van der Waals surface area contributed by atoms with E-state index in [0.29, 0.717) is 12.3 Å². The molecule has 102 valence electrons. The second-order valence-corrected chi connectivity index (χ2v) is 4.94. The number of hydrogen-bond acceptors (Lipinski definition) is 4. The van der Waals surface area contributed by atoms with Gasteiger partial charge in [-0.15, -0.1) is 12.4 Å². The summed E-state index contributed by atoms with van der Waals surface area (Å²) in [7, 11) is 0. The zero-order chi connectivity index (χ0) is 12.4. The maximum absolute atomic E-state index is 5.85. The van der Waals surface area contributed by atoms with E-state index in [1.165, 1.54) is 6.42 Å². The highest BCUT2D eigenvalue weighted by molar-refractivity contribution is 6.30. The van der Waals surface area contributed by atoms with Crippen LogP contribution >= 0.6 is 24.0 Å². The molecular formula is C13H15Cl2N3O. The molecule has 19 heavy (non-hydrogen) atoms. The van der Waals surface area contributed by atoms with Crippen LogP contribution < -0.4 is 5.32 Å². The van der Waals surface area contributed by atoms with Gasteiger partial charge in [-0.05, 0) is 37.1 Å². The lowest BCUT2D eigenvalue weighted by molar-refractivity contribution is 0.341. The molecule has 1 aliphatic heterocycles. The predicted octanol–water partition coefficient (Wildman–Crippen LogP) is 3.16. The Morgan fingerprint density at radius 2 is 2.11 bits per heavy atom. The van der Waals surface area contributed by atoms with Crippen LogP contribution in [-0.2, 0) is 6.42 Å². The van der Waals surface area contributed by atoms with Gasteiger partial charge >= 0.3 is 0 Å². The first-order chi connectivity index (χ1) is 8.81. The minimum atomic E-state index is 0. The average molecular weight is 300 g/mol. The molecule has 0 radical (unpaired) electrons. The van der Waals surface area contributed by atoms with Gasteiger partial charge < -0.3 is 9.84 Å². The van der Waals surface area contributed by atoms with Crippen molar-refractivity contribution in [2.24, 2.45) is 0 Å². The summed E-state index contributed by atoms with van der Waals surface area (Å²) in [6, 6.07) is 7.93. The van der Waals surface area contributed by atoms with Gasteiger partial charge in [-0.25, -0.2) is 0 Å². The Balaban J connectivity index is 0.00000133. The van der Waals surface area contributed by atoms with Crippen LogP contribution in [0, 0.1) is 0 Å². The fraction of sp³-hybridized carbons (Fsp3) is 0.385. The molecule has 1 aromatic carbocycles. The maximum atomic E-state index is 5.85. The highest BCUT2D eigenvalue weighted by Gasteiger charge is 2.22. The lowest BCUT2D eigenvalue weighted by atomic mass is 10.1. The summed E-state index contributed by atoms with van der Waals surface area (Å²) < 4.78 is 5.29. The number of nitrogens with zero attached hydrogens (tertiary/aromatic N) is 2. The van der Waals surface area contributed by atoms with Crippen LogP contribution in [0.5, 0.6) is 0 Å². The van der Waals surface area contributed by atoms with Crippen LogP contribution in [0.4, 0.5) is 0 Å². The second kappa shape index (κ2) is 6.37. The molecule has 1 atom stereocenters. The highest BCUT2D eigenvalue weighted by Crippen LogP contribution is 2.21. The van der Waals surface area contributed by atoms with Gasteiger partial charge in [-0.2, -0.15) is 4.98 Å². The maximum Gasteiger partial charge on any atom is 0.243 e.